The van der Waals surface area contributed by atoms with Crippen LogP contribution in [0.5, 0.6) is 0 Å². The summed E-state index contributed by atoms with van der Waals surface area (Å²) in [5.41, 5.74) is 2.40. The number of aryl methyl sites for hydroxylation is 2. The topological polar surface area (TPSA) is 69.6 Å². The van der Waals surface area contributed by atoms with E-state index in [4.69, 9.17) is 4.52 Å². The lowest BCUT2D eigenvalue weighted by Crippen LogP contribution is -2.01. The third kappa shape index (κ3) is 4.22. The summed E-state index contributed by atoms with van der Waals surface area (Å²) in [6.07, 6.45) is 1.71. The first-order chi connectivity index (χ1) is 14.2. The van der Waals surface area contributed by atoms with Crippen LogP contribution in [-0.4, -0.2) is 24.9 Å². The molecule has 0 bridgehead atoms. The van der Waals surface area contributed by atoms with Crippen molar-refractivity contribution >= 4 is 11.8 Å². The molecule has 148 valence electrons. The van der Waals surface area contributed by atoms with Gasteiger partial charge in [0.05, 0.1) is 11.3 Å². The smallest absolute Gasteiger partial charge is 0.226 e. The monoisotopic (exact) mass is 409 g/mol. The molecule has 0 atom stereocenters. The number of hydrogen-bond acceptors (Lipinski definition) is 6. The number of rotatable bonds is 7. The van der Waals surface area contributed by atoms with Crippen molar-refractivity contribution < 1.29 is 8.91 Å². The van der Waals surface area contributed by atoms with Gasteiger partial charge in [-0.25, -0.2) is 4.39 Å². The third-order valence-electron chi connectivity index (χ3n) is 4.34. The molecule has 0 unspecified atom stereocenters. The highest BCUT2D eigenvalue weighted by molar-refractivity contribution is 7.98. The number of aromatic nitrogens is 5. The molecule has 0 N–H and O–H groups in total. The Morgan fingerprint density at radius 3 is 2.62 bits per heavy atom. The fourth-order valence-electron chi connectivity index (χ4n) is 2.90. The Labute approximate surface area is 172 Å². The van der Waals surface area contributed by atoms with Crippen LogP contribution in [0.2, 0.25) is 0 Å². The van der Waals surface area contributed by atoms with Crippen molar-refractivity contribution in [3.8, 4) is 17.1 Å². The van der Waals surface area contributed by atoms with Gasteiger partial charge in [0.1, 0.15) is 5.82 Å². The number of thioether (sulfide) groups is 1. The van der Waals surface area contributed by atoms with E-state index in [2.05, 4.69) is 27.3 Å². The van der Waals surface area contributed by atoms with E-state index in [-0.39, 0.29) is 5.82 Å². The molecule has 0 aliphatic rings. The van der Waals surface area contributed by atoms with E-state index >= 15 is 0 Å². The Morgan fingerprint density at radius 1 is 1.07 bits per heavy atom. The summed E-state index contributed by atoms with van der Waals surface area (Å²) in [7, 11) is 0. The van der Waals surface area contributed by atoms with Crippen LogP contribution in [0, 0.1) is 12.7 Å². The Morgan fingerprint density at radius 2 is 1.86 bits per heavy atom. The highest BCUT2D eigenvalue weighted by Crippen LogP contribution is 2.30. The lowest BCUT2D eigenvalue weighted by atomic mass is 10.2. The molecule has 8 heteroatoms. The fourth-order valence-corrected chi connectivity index (χ4v) is 3.70. The molecule has 6 nitrogen and oxygen atoms in total. The van der Waals surface area contributed by atoms with Crippen molar-refractivity contribution in [2.75, 3.05) is 0 Å². The Balaban J connectivity index is 1.69. The van der Waals surface area contributed by atoms with E-state index in [1.807, 2.05) is 35.8 Å². The largest absolute Gasteiger partial charge is 0.339 e. The molecule has 0 aliphatic carbocycles. The van der Waals surface area contributed by atoms with Crippen molar-refractivity contribution in [1.29, 1.82) is 0 Å². The lowest BCUT2D eigenvalue weighted by Gasteiger charge is -2.10. The van der Waals surface area contributed by atoms with Crippen molar-refractivity contribution in [3.05, 3.63) is 71.6 Å². The number of halogens is 1. The van der Waals surface area contributed by atoms with Gasteiger partial charge in [0.25, 0.3) is 0 Å². The average molecular weight is 409 g/mol. The maximum Gasteiger partial charge on any atom is 0.226 e. The molecule has 2 aromatic heterocycles. The van der Waals surface area contributed by atoms with E-state index in [9.17, 15) is 4.39 Å². The van der Waals surface area contributed by atoms with Crippen LogP contribution in [-0.2, 0) is 12.2 Å². The predicted octanol–water partition coefficient (Wildman–Crippen LogP) is 5.01. The second kappa shape index (κ2) is 8.57. The van der Waals surface area contributed by atoms with Crippen LogP contribution in [0.25, 0.3) is 17.1 Å². The first-order valence-corrected chi connectivity index (χ1v) is 10.4. The SMILES string of the molecule is CCCc1nc(CSc2nnc(-c3ccccc3F)n2-c2ccc(C)cc2)no1. The van der Waals surface area contributed by atoms with Gasteiger partial charge in [0, 0.05) is 12.1 Å². The van der Waals surface area contributed by atoms with E-state index in [1.165, 1.54) is 17.8 Å². The number of nitrogens with zero attached hydrogens (tertiary/aromatic N) is 5. The van der Waals surface area contributed by atoms with Gasteiger partial charge >= 0.3 is 0 Å². The molecule has 29 heavy (non-hydrogen) atoms. The molecular formula is C21H20FN5OS. The minimum Gasteiger partial charge on any atom is -0.339 e. The minimum atomic E-state index is -0.341. The van der Waals surface area contributed by atoms with Crippen LogP contribution in [0.15, 0.2) is 58.2 Å². The summed E-state index contributed by atoms with van der Waals surface area (Å²) in [6.45, 7) is 4.08. The van der Waals surface area contributed by atoms with Gasteiger partial charge in [-0.1, -0.05) is 53.7 Å². The van der Waals surface area contributed by atoms with Crippen LogP contribution in [0.3, 0.4) is 0 Å². The van der Waals surface area contributed by atoms with Gasteiger partial charge < -0.3 is 4.52 Å². The van der Waals surface area contributed by atoms with Crippen LogP contribution in [0.4, 0.5) is 4.39 Å². The minimum absolute atomic E-state index is 0.341. The quantitative estimate of drug-likeness (QED) is 0.400. The first-order valence-electron chi connectivity index (χ1n) is 9.37. The summed E-state index contributed by atoms with van der Waals surface area (Å²) in [5.74, 6) is 1.83. The van der Waals surface area contributed by atoms with Crippen molar-refractivity contribution in [3.63, 3.8) is 0 Å². The molecule has 0 aliphatic heterocycles. The molecule has 0 radical (unpaired) electrons. The molecule has 0 fully saturated rings. The van der Waals surface area contributed by atoms with Crippen LogP contribution < -0.4 is 0 Å². The molecule has 4 rings (SSSR count). The van der Waals surface area contributed by atoms with E-state index in [0.29, 0.717) is 34.0 Å². The van der Waals surface area contributed by atoms with Gasteiger partial charge in [-0.05, 0) is 37.6 Å². The number of benzene rings is 2. The van der Waals surface area contributed by atoms with Gasteiger partial charge in [0.15, 0.2) is 16.8 Å². The summed E-state index contributed by atoms with van der Waals surface area (Å²) < 4.78 is 21.6. The Bertz CT molecular complexity index is 1110. The zero-order valence-corrected chi connectivity index (χ0v) is 17.0. The van der Waals surface area contributed by atoms with E-state index in [1.54, 1.807) is 18.2 Å². The molecule has 0 saturated carbocycles. The average Bonchev–Trinajstić information content (AvgIpc) is 3.35. The van der Waals surface area contributed by atoms with Gasteiger partial charge in [-0.3, -0.25) is 4.57 Å². The van der Waals surface area contributed by atoms with Crippen LogP contribution in [0.1, 0.15) is 30.6 Å². The lowest BCUT2D eigenvalue weighted by molar-refractivity contribution is 0.373. The third-order valence-corrected chi connectivity index (χ3v) is 5.27. The molecule has 0 amide bonds. The molecule has 0 saturated heterocycles. The summed E-state index contributed by atoms with van der Waals surface area (Å²) in [5, 5.41) is 13.2. The Hall–Kier alpha value is -3.00. The normalized spacial score (nSPS) is 11.1. The maximum absolute atomic E-state index is 14.5. The molecule has 4 aromatic rings. The zero-order chi connectivity index (χ0) is 20.2. The van der Waals surface area contributed by atoms with E-state index in [0.717, 1.165) is 24.1 Å². The van der Waals surface area contributed by atoms with Gasteiger partial charge in [0.2, 0.25) is 5.89 Å². The summed E-state index contributed by atoms with van der Waals surface area (Å²) in [4.78, 5) is 4.39. The highest BCUT2D eigenvalue weighted by Gasteiger charge is 2.19. The first kappa shape index (κ1) is 19.3. The number of hydrogen-bond donors (Lipinski definition) is 0. The molecule has 2 aromatic carbocycles. The van der Waals surface area contributed by atoms with Crippen molar-refractivity contribution in [2.24, 2.45) is 0 Å². The van der Waals surface area contributed by atoms with Crippen molar-refractivity contribution in [1.82, 2.24) is 24.9 Å². The molecular weight excluding hydrogens is 389 g/mol. The zero-order valence-electron chi connectivity index (χ0n) is 16.2. The predicted molar refractivity (Wildman–Crippen MR) is 109 cm³/mol. The second-order valence-electron chi connectivity index (χ2n) is 6.60. The fraction of sp³-hybridized carbons (Fsp3) is 0.238. The maximum atomic E-state index is 14.5. The van der Waals surface area contributed by atoms with E-state index < -0.39 is 0 Å². The summed E-state index contributed by atoms with van der Waals surface area (Å²) in [6, 6.07) is 14.5. The standard InChI is InChI=1S/C21H20FN5OS/c1-3-6-19-23-18(26-28-19)13-29-21-25-24-20(16-7-4-5-8-17(16)22)27(21)15-11-9-14(2)10-12-15/h4-5,7-12H,3,6,13H2,1-2H3. The molecule has 0 spiro atoms. The second-order valence-corrected chi connectivity index (χ2v) is 7.54. The van der Waals surface area contributed by atoms with Crippen molar-refractivity contribution in [2.45, 2.75) is 37.6 Å². The van der Waals surface area contributed by atoms with Crippen LogP contribution >= 0.6 is 11.8 Å². The van der Waals surface area contributed by atoms with Gasteiger partial charge in [-0.2, -0.15) is 4.98 Å². The highest BCUT2D eigenvalue weighted by atomic mass is 32.2. The van der Waals surface area contributed by atoms with Gasteiger partial charge in [-0.15, -0.1) is 10.2 Å². The summed E-state index contributed by atoms with van der Waals surface area (Å²) >= 11 is 1.43. The molecule has 2 heterocycles. The Kier molecular flexibility index (Phi) is 5.71.